The molecule has 1 aliphatic carbocycles. The zero-order valence-electron chi connectivity index (χ0n) is 20.0. The third-order valence-electron chi connectivity index (χ3n) is 6.62. The molecule has 0 bridgehead atoms. The highest BCUT2D eigenvalue weighted by Gasteiger charge is 2.32. The molecule has 3 aromatic rings. The molecule has 4 rings (SSSR count). The van der Waals surface area contributed by atoms with Crippen molar-refractivity contribution in [3.8, 4) is 17.2 Å². The predicted molar refractivity (Wildman–Crippen MR) is 136 cm³/mol. The fourth-order valence-corrected chi connectivity index (χ4v) is 6.26. The molecule has 0 amide bonds. The van der Waals surface area contributed by atoms with Gasteiger partial charge in [0.05, 0.1) is 15.7 Å². The lowest BCUT2D eigenvalue weighted by atomic mass is 9.86. The first-order chi connectivity index (χ1) is 16.2. The minimum atomic E-state index is -3.37. The highest BCUT2D eigenvalue weighted by atomic mass is 32.2. The van der Waals surface area contributed by atoms with Gasteiger partial charge in [0, 0.05) is 12.2 Å². The first-order valence-electron chi connectivity index (χ1n) is 11.7. The molecule has 0 radical (unpaired) electrons. The number of nitrogens with one attached hydrogen (secondary N) is 1. The van der Waals surface area contributed by atoms with Gasteiger partial charge < -0.3 is 5.32 Å². The van der Waals surface area contributed by atoms with Crippen LogP contribution in [0, 0.1) is 11.3 Å². The fraction of sp³-hybridized carbons (Fsp3) is 0.357. The number of pyridine rings is 1. The molecule has 1 N–H and O–H groups in total. The maximum Gasteiger partial charge on any atom is 0.181 e. The highest BCUT2D eigenvalue weighted by molar-refractivity contribution is 7.92. The van der Waals surface area contributed by atoms with E-state index in [1.807, 2.05) is 12.1 Å². The van der Waals surface area contributed by atoms with E-state index in [9.17, 15) is 8.42 Å². The summed E-state index contributed by atoms with van der Waals surface area (Å²) in [5.41, 5.74) is 4.00. The van der Waals surface area contributed by atoms with Gasteiger partial charge in [-0.1, -0.05) is 57.2 Å². The van der Waals surface area contributed by atoms with Crippen molar-refractivity contribution in [1.29, 1.82) is 5.26 Å². The largest absolute Gasteiger partial charge is 0.367 e. The number of anilines is 1. The summed E-state index contributed by atoms with van der Waals surface area (Å²) in [6, 6.07) is 21.5. The molecule has 1 heterocycles. The number of hydrogen-bond donors (Lipinski definition) is 1. The molecular formula is C28H31N3O2S. The number of aromatic nitrogens is 1. The summed E-state index contributed by atoms with van der Waals surface area (Å²) in [6.45, 7) is 6.57. The maximum atomic E-state index is 13.3. The maximum absolute atomic E-state index is 13.3. The van der Waals surface area contributed by atoms with Gasteiger partial charge in [-0.3, -0.25) is 0 Å². The van der Waals surface area contributed by atoms with Crippen LogP contribution in [0.4, 0.5) is 5.82 Å². The summed E-state index contributed by atoms with van der Waals surface area (Å²) in [6.07, 6.45) is 4.31. The Morgan fingerprint density at radius 2 is 1.47 bits per heavy atom. The van der Waals surface area contributed by atoms with E-state index in [-0.39, 0.29) is 16.7 Å². The van der Waals surface area contributed by atoms with Gasteiger partial charge in [-0.05, 0) is 72.1 Å². The average Bonchev–Trinajstić information content (AvgIpc) is 2.84. The Bertz CT molecular complexity index is 1260. The van der Waals surface area contributed by atoms with E-state index in [4.69, 9.17) is 5.26 Å². The molecule has 34 heavy (non-hydrogen) atoms. The van der Waals surface area contributed by atoms with E-state index in [1.54, 1.807) is 30.5 Å². The Labute approximate surface area is 202 Å². The van der Waals surface area contributed by atoms with Crippen LogP contribution in [-0.4, -0.2) is 24.7 Å². The van der Waals surface area contributed by atoms with Crippen LogP contribution in [0.15, 0.2) is 71.8 Å². The number of nitrogens with zero attached hydrogens (tertiary/aromatic N) is 2. The van der Waals surface area contributed by atoms with Crippen molar-refractivity contribution in [2.75, 3.05) is 5.32 Å². The molecule has 5 nitrogen and oxygen atoms in total. The quantitative estimate of drug-likeness (QED) is 0.483. The third-order valence-corrected chi connectivity index (χ3v) is 8.90. The second kappa shape index (κ2) is 9.60. The zero-order valence-corrected chi connectivity index (χ0v) is 20.8. The van der Waals surface area contributed by atoms with E-state index in [1.165, 1.54) is 5.56 Å². The van der Waals surface area contributed by atoms with Crippen LogP contribution in [0.5, 0.6) is 0 Å². The molecule has 1 aliphatic rings. The van der Waals surface area contributed by atoms with E-state index in [0.717, 1.165) is 29.8 Å². The molecule has 0 saturated heterocycles. The Morgan fingerprint density at radius 1 is 0.882 bits per heavy atom. The second-order valence-corrected chi connectivity index (χ2v) is 12.3. The van der Waals surface area contributed by atoms with Crippen molar-refractivity contribution in [3.63, 3.8) is 0 Å². The van der Waals surface area contributed by atoms with Crippen LogP contribution < -0.4 is 5.32 Å². The van der Waals surface area contributed by atoms with E-state index < -0.39 is 9.84 Å². The summed E-state index contributed by atoms with van der Waals surface area (Å²) in [7, 11) is -3.37. The molecule has 0 aliphatic heterocycles. The summed E-state index contributed by atoms with van der Waals surface area (Å²) < 4.78 is 26.5. The normalized spacial score (nSPS) is 18.8. The summed E-state index contributed by atoms with van der Waals surface area (Å²) in [5.74, 6) is 0.719. The second-order valence-electron chi connectivity index (χ2n) is 10.1. The topological polar surface area (TPSA) is 82.9 Å². The molecule has 0 atom stereocenters. The number of rotatable bonds is 5. The van der Waals surface area contributed by atoms with Crippen molar-refractivity contribution in [1.82, 2.24) is 4.98 Å². The summed E-state index contributed by atoms with van der Waals surface area (Å²) >= 11 is 0. The lowest BCUT2D eigenvalue weighted by molar-refractivity contribution is 0.451. The molecule has 1 aromatic heterocycles. The van der Waals surface area contributed by atoms with Crippen molar-refractivity contribution in [2.24, 2.45) is 0 Å². The lowest BCUT2D eigenvalue weighted by Crippen LogP contribution is -2.33. The molecule has 1 saturated carbocycles. The van der Waals surface area contributed by atoms with Crippen LogP contribution in [0.1, 0.15) is 57.6 Å². The van der Waals surface area contributed by atoms with Gasteiger partial charge in [0.25, 0.3) is 0 Å². The molecule has 0 spiro atoms. The molecule has 0 unspecified atom stereocenters. The summed E-state index contributed by atoms with van der Waals surface area (Å²) in [4.78, 5) is 4.65. The molecule has 6 heteroatoms. The van der Waals surface area contributed by atoms with Crippen LogP contribution in [-0.2, 0) is 15.3 Å². The minimum absolute atomic E-state index is 0.101. The Morgan fingerprint density at radius 3 is 1.97 bits per heavy atom. The van der Waals surface area contributed by atoms with Gasteiger partial charge in [-0.25, -0.2) is 13.4 Å². The van der Waals surface area contributed by atoms with E-state index in [2.05, 4.69) is 61.4 Å². The highest BCUT2D eigenvalue weighted by Crippen LogP contribution is 2.32. The van der Waals surface area contributed by atoms with Crippen molar-refractivity contribution in [3.05, 3.63) is 78.0 Å². The van der Waals surface area contributed by atoms with E-state index in [0.29, 0.717) is 23.3 Å². The van der Waals surface area contributed by atoms with Crippen molar-refractivity contribution >= 4 is 15.7 Å². The molecule has 1 fully saturated rings. The SMILES string of the molecule is CC(C)(C)c1ccc(-c2ccc(S(=O)(=O)C3CCC(Nc4ccc(C#N)cn4)CC3)cc2)cc1. The molecular weight excluding hydrogens is 442 g/mol. The number of benzene rings is 2. The Balaban J connectivity index is 1.39. The minimum Gasteiger partial charge on any atom is -0.367 e. The fourth-order valence-electron chi connectivity index (χ4n) is 4.46. The Hall–Kier alpha value is -3.17. The average molecular weight is 474 g/mol. The number of sulfone groups is 1. The third kappa shape index (κ3) is 5.31. The van der Waals surface area contributed by atoms with E-state index >= 15 is 0 Å². The molecule has 176 valence electrons. The standard InChI is InChI=1S/C28H31N3O2S/c1-28(2,3)23-9-5-21(6-10-23)22-7-13-25(14-8-22)34(32,33)26-15-11-24(12-16-26)31-27-17-4-20(18-29)19-30-27/h4-10,13-14,17,19,24,26H,11-12,15-16H2,1-3H3,(H,30,31). The van der Waals surface area contributed by atoms with Gasteiger partial charge in [0.15, 0.2) is 9.84 Å². The predicted octanol–water partition coefficient (Wildman–Crippen LogP) is 6.11. The van der Waals surface area contributed by atoms with Crippen molar-refractivity contribution in [2.45, 2.75) is 68.1 Å². The first-order valence-corrected chi connectivity index (χ1v) is 13.3. The first kappa shape index (κ1) is 24.0. The molecule has 2 aromatic carbocycles. The van der Waals surface area contributed by atoms with Crippen LogP contribution in [0.2, 0.25) is 0 Å². The number of nitriles is 1. The van der Waals surface area contributed by atoms with Gasteiger partial charge in [0.2, 0.25) is 0 Å². The van der Waals surface area contributed by atoms with Crippen LogP contribution in [0.25, 0.3) is 11.1 Å². The smallest absolute Gasteiger partial charge is 0.181 e. The monoisotopic (exact) mass is 473 g/mol. The van der Waals surface area contributed by atoms with Crippen molar-refractivity contribution < 1.29 is 8.42 Å². The number of hydrogen-bond acceptors (Lipinski definition) is 5. The van der Waals surface area contributed by atoms with Crippen LogP contribution in [0.3, 0.4) is 0 Å². The summed E-state index contributed by atoms with van der Waals surface area (Å²) in [5, 5.41) is 11.9. The Kier molecular flexibility index (Phi) is 6.77. The van der Waals surface area contributed by atoms with Gasteiger partial charge >= 0.3 is 0 Å². The van der Waals surface area contributed by atoms with Gasteiger partial charge in [0.1, 0.15) is 11.9 Å². The van der Waals surface area contributed by atoms with Crippen LogP contribution >= 0.6 is 0 Å². The lowest BCUT2D eigenvalue weighted by Gasteiger charge is -2.29. The van der Waals surface area contributed by atoms with Gasteiger partial charge in [-0.2, -0.15) is 5.26 Å². The zero-order chi connectivity index (χ0) is 24.3. The van der Waals surface area contributed by atoms with Gasteiger partial charge in [-0.15, -0.1) is 0 Å².